The number of halogens is 1. The largest absolute Gasteiger partial charge is 0.489 e. The Labute approximate surface area is 102 Å². The summed E-state index contributed by atoms with van der Waals surface area (Å²) in [6.07, 6.45) is 0.0902. The van der Waals surface area contributed by atoms with E-state index in [1.165, 1.54) is 0 Å². The smallest absolute Gasteiger partial charge is 0.121 e. The molecule has 0 amide bonds. The van der Waals surface area contributed by atoms with Gasteiger partial charge in [-0.05, 0) is 32.0 Å². The van der Waals surface area contributed by atoms with E-state index in [4.69, 9.17) is 22.1 Å². The second kappa shape index (κ2) is 6.74. The molecule has 0 aromatic heterocycles. The predicted octanol–water partition coefficient (Wildman–Crippen LogP) is 2.04. The van der Waals surface area contributed by atoms with Gasteiger partial charge in [0.25, 0.3) is 0 Å². The number of nitrogens with one attached hydrogen (secondary N) is 1. The van der Waals surface area contributed by atoms with Crippen molar-refractivity contribution in [3.05, 3.63) is 29.3 Å². The van der Waals surface area contributed by atoms with E-state index in [2.05, 4.69) is 5.32 Å². The monoisotopic (exact) mass is 242 g/mol. The maximum atomic E-state index is 5.87. The quantitative estimate of drug-likeness (QED) is 0.803. The van der Waals surface area contributed by atoms with Crippen LogP contribution < -0.4 is 15.8 Å². The van der Waals surface area contributed by atoms with Crippen molar-refractivity contribution in [1.29, 1.82) is 0 Å². The zero-order chi connectivity index (χ0) is 12.0. The number of hydrogen-bond acceptors (Lipinski definition) is 3. The summed E-state index contributed by atoms with van der Waals surface area (Å²) in [5.74, 6) is 0.794. The van der Waals surface area contributed by atoms with E-state index >= 15 is 0 Å². The Balaban J connectivity index is 2.36. The Morgan fingerprint density at radius 1 is 1.44 bits per heavy atom. The van der Waals surface area contributed by atoms with Gasteiger partial charge >= 0.3 is 0 Å². The lowest BCUT2D eigenvalue weighted by Gasteiger charge is -2.18. The minimum Gasteiger partial charge on any atom is -0.489 e. The predicted molar refractivity (Wildman–Crippen MR) is 68.1 cm³/mol. The SMILES string of the molecule is CC(CN)NCC(C)Oc1cccc(Cl)c1. The second-order valence-electron chi connectivity index (χ2n) is 3.93. The number of nitrogens with two attached hydrogens (primary N) is 1. The number of rotatable bonds is 6. The van der Waals surface area contributed by atoms with E-state index in [-0.39, 0.29) is 6.10 Å². The van der Waals surface area contributed by atoms with Gasteiger partial charge in [0.1, 0.15) is 11.9 Å². The van der Waals surface area contributed by atoms with Gasteiger partial charge in [-0.25, -0.2) is 0 Å². The highest BCUT2D eigenvalue weighted by molar-refractivity contribution is 6.30. The molecule has 2 unspecified atom stereocenters. The normalized spacial score (nSPS) is 14.5. The van der Waals surface area contributed by atoms with E-state index in [0.717, 1.165) is 12.3 Å². The highest BCUT2D eigenvalue weighted by Gasteiger charge is 2.06. The molecule has 4 heteroatoms. The van der Waals surface area contributed by atoms with Gasteiger partial charge in [0.05, 0.1) is 0 Å². The fraction of sp³-hybridized carbons (Fsp3) is 0.500. The molecule has 1 aromatic rings. The van der Waals surface area contributed by atoms with Crippen molar-refractivity contribution in [2.45, 2.75) is 26.0 Å². The molecule has 0 spiro atoms. The van der Waals surface area contributed by atoms with Crippen LogP contribution in [-0.2, 0) is 0 Å². The van der Waals surface area contributed by atoms with Crippen molar-refractivity contribution in [3.63, 3.8) is 0 Å². The van der Waals surface area contributed by atoms with E-state index in [1.807, 2.05) is 38.1 Å². The van der Waals surface area contributed by atoms with Crippen LogP contribution in [0.25, 0.3) is 0 Å². The Bertz CT molecular complexity index is 320. The average Bonchev–Trinajstić information content (AvgIpc) is 2.26. The minimum atomic E-state index is 0.0902. The molecule has 0 saturated heterocycles. The summed E-state index contributed by atoms with van der Waals surface area (Å²) in [6.45, 7) is 5.46. The summed E-state index contributed by atoms with van der Waals surface area (Å²) in [5, 5.41) is 3.97. The van der Waals surface area contributed by atoms with Gasteiger partial charge in [0.2, 0.25) is 0 Å². The zero-order valence-electron chi connectivity index (χ0n) is 9.74. The van der Waals surface area contributed by atoms with Crippen molar-refractivity contribution in [3.8, 4) is 5.75 Å². The third kappa shape index (κ3) is 4.84. The van der Waals surface area contributed by atoms with Crippen LogP contribution in [0.4, 0.5) is 0 Å². The average molecular weight is 243 g/mol. The lowest BCUT2D eigenvalue weighted by Crippen LogP contribution is -2.39. The Morgan fingerprint density at radius 2 is 2.19 bits per heavy atom. The fourth-order valence-corrected chi connectivity index (χ4v) is 1.45. The Hall–Kier alpha value is -0.770. The number of benzene rings is 1. The molecule has 90 valence electrons. The van der Waals surface area contributed by atoms with Crippen LogP contribution in [0.15, 0.2) is 24.3 Å². The lowest BCUT2D eigenvalue weighted by molar-refractivity contribution is 0.213. The standard InChI is InChI=1S/C12H19ClN2O/c1-9(7-14)15-8-10(2)16-12-5-3-4-11(13)6-12/h3-6,9-10,15H,7-8,14H2,1-2H3. The van der Waals surface area contributed by atoms with E-state index in [9.17, 15) is 0 Å². The first-order valence-electron chi connectivity index (χ1n) is 5.47. The van der Waals surface area contributed by atoms with Crippen molar-refractivity contribution in [2.24, 2.45) is 5.73 Å². The second-order valence-corrected chi connectivity index (χ2v) is 4.37. The van der Waals surface area contributed by atoms with Gasteiger partial charge < -0.3 is 15.8 Å². The molecule has 3 nitrogen and oxygen atoms in total. The molecule has 0 aliphatic heterocycles. The molecule has 1 rings (SSSR count). The maximum absolute atomic E-state index is 5.87. The van der Waals surface area contributed by atoms with Crippen LogP contribution in [0, 0.1) is 0 Å². The first kappa shape index (κ1) is 13.3. The lowest BCUT2D eigenvalue weighted by atomic mass is 10.3. The molecule has 16 heavy (non-hydrogen) atoms. The molecular weight excluding hydrogens is 224 g/mol. The molecule has 0 aliphatic carbocycles. The molecule has 1 aromatic carbocycles. The van der Waals surface area contributed by atoms with Crippen LogP contribution in [0.3, 0.4) is 0 Å². The van der Waals surface area contributed by atoms with Gasteiger partial charge in [-0.1, -0.05) is 17.7 Å². The van der Waals surface area contributed by atoms with E-state index in [0.29, 0.717) is 17.6 Å². The van der Waals surface area contributed by atoms with Crippen molar-refractivity contribution in [1.82, 2.24) is 5.32 Å². The van der Waals surface area contributed by atoms with Crippen molar-refractivity contribution in [2.75, 3.05) is 13.1 Å². The van der Waals surface area contributed by atoms with Gasteiger partial charge in [0.15, 0.2) is 0 Å². The molecule has 0 fully saturated rings. The van der Waals surface area contributed by atoms with Crippen LogP contribution in [0.5, 0.6) is 5.75 Å². The Morgan fingerprint density at radius 3 is 2.81 bits per heavy atom. The molecule has 0 bridgehead atoms. The molecule has 0 heterocycles. The van der Waals surface area contributed by atoms with Gasteiger partial charge in [-0.2, -0.15) is 0 Å². The fourth-order valence-electron chi connectivity index (χ4n) is 1.26. The van der Waals surface area contributed by atoms with Gasteiger partial charge in [0, 0.05) is 24.2 Å². The number of ether oxygens (including phenoxy) is 1. The summed E-state index contributed by atoms with van der Waals surface area (Å²) in [4.78, 5) is 0. The van der Waals surface area contributed by atoms with Crippen molar-refractivity contribution >= 4 is 11.6 Å². The zero-order valence-corrected chi connectivity index (χ0v) is 10.5. The third-order valence-electron chi connectivity index (χ3n) is 2.24. The summed E-state index contributed by atoms with van der Waals surface area (Å²) in [7, 11) is 0. The highest BCUT2D eigenvalue weighted by Crippen LogP contribution is 2.18. The van der Waals surface area contributed by atoms with Crippen LogP contribution >= 0.6 is 11.6 Å². The van der Waals surface area contributed by atoms with Crippen LogP contribution in [-0.4, -0.2) is 25.2 Å². The molecule has 0 saturated carbocycles. The summed E-state index contributed by atoms with van der Waals surface area (Å²) in [5.41, 5.74) is 5.51. The van der Waals surface area contributed by atoms with E-state index < -0.39 is 0 Å². The third-order valence-corrected chi connectivity index (χ3v) is 2.48. The summed E-state index contributed by atoms with van der Waals surface area (Å²) < 4.78 is 5.70. The first-order valence-corrected chi connectivity index (χ1v) is 5.85. The van der Waals surface area contributed by atoms with E-state index in [1.54, 1.807) is 0 Å². The van der Waals surface area contributed by atoms with Crippen LogP contribution in [0.2, 0.25) is 5.02 Å². The molecule has 2 atom stereocenters. The Kier molecular flexibility index (Phi) is 5.60. The summed E-state index contributed by atoms with van der Waals surface area (Å²) in [6, 6.07) is 7.72. The van der Waals surface area contributed by atoms with Gasteiger partial charge in [-0.3, -0.25) is 0 Å². The molecule has 3 N–H and O–H groups in total. The molecular formula is C12H19ClN2O. The van der Waals surface area contributed by atoms with Crippen molar-refractivity contribution < 1.29 is 4.74 Å². The molecule has 0 radical (unpaired) electrons. The molecule has 0 aliphatic rings. The first-order chi connectivity index (χ1) is 7.61. The van der Waals surface area contributed by atoms with Gasteiger partial charge in [-0.15, -0.1) is 0 Å². The number of hydrogen-bond donors (Lipinski definition) is 2. The maximum Gasteiger partial charge on any atom is 0.121 e. The van der Waals surface area contributed by atoms with Crippen LogP contribution in [0.1, 0.15) is 13.8 Å². The highest BCUT2D eigenvalue weighted by atomic mass is 35.5. The topological polar surface area (TPSA) is 47.3 Å². The minimum absolute atomic E-state index is 0.0902. The summed E-state index contributed by atoms with van der Waals surface area (Å²) >= 11 is 5.87.